The fourth-order valence-electron chi connectivity index (χ4n) is 5.03. The SMILES string of the molecule is Cc1cccc(C2=C[C@@H](CO[Si](c3ccccc3)(c3ccccc3)C(C)(C)C)N(C(=O)O)C2)c1. The Balaban J connectivity index is 1.74. The minimum absolute atomic E-state index is 0.161. The average molecular weight is 472 g/mol. The molecule has 3 aromatic rings. The van der Waals surface area contributed by atoms with E-state index >= 15 is 0 Å². The van der Waals surface area contributed by atoms with Crippen molar-refractivity contribution in [2.45, 2.75) is 38.8 Å². The molecule has 4 nitrogen and oxygen atoms in total. The molecule has 1 aliphatic rings. The zero-order chi connectivity index (χ0) is 24.3. The highest BCUT2D eigenvalue weighted by Crippen LogP contribution is 2.37. The van der Waals surface area contributed by atoms with E-state index in [4.69, 9.17) is 4.43 Å². The topological polar surface area (TPSA) is 49.8 Å². The van der Waals surface area contributed by atoms with Crippen LogP contribution in [0, 0.1) is 6.92 Å². The lowest BCUT2D eigenvalue weighted by atomic mass is 10.0. The molecule has 0 aliphatic carbocycles. The van der Waals surface area contributed by atoms with E-state index in [-0.39, 0.29) is 11.1 Å². The van der Waals surface area contributed by atoms with Crippen molar-refractivity contribution in [3.63, 3.8) is 0 Å². The molecular formula is C29H33NO3Si. The van der Waals surface area contributed by atoms with Crippen molar-refractivity contribution >= 4 is 30.4 Å². The molecule has 0 aromatic heterocycles. The van der Waals surface area contributed by atoms with Crippen LogP contribution in [0.15, 0.2) is 91.0 Å². The lowest BCUT2D eigenvalue weighted by molar-refractivity contribution is 0.128. The smallest absolute Gasteiger partial charge is 0.408 e. The molecule has 1 aliphatic heterocycles. The number of hydrogen-bond donors (Lipinski definition) is 1. The third-order valence-corrected chi connectivity index (χ3v) is 11.7. The van der Waals surface area contributed by atoms with Gasteiger partial charge >= 0.3 is 6.09 Å². The first kappa shape index (κ1) is 24.0. The van der Waals surface area contributed by atoms with Gasteiger partial charge in [-0.25, -0.2) is 4.79 Å². The predicted molar refractivity (Wildman–Crippen MR) is 141 cm³/mol. The van der Waals surface area contributed by atoms with Crippen LogP contribution < -0.4 is 10.4 Å². The summed E-state index contributed by atoms with van der Waals surface area (Å²) in [6.07, 6.45) is 1.15. The molecule has 1 N–H and O–H groups in total. The van der Waals surface area contributed by atoms with E-state index in [1.165, 1.54) is 15.3 Å². The number of nitrogens with zero attached hydrogens (tertiary/aromatic N) is 1. The molecule has 1 atom stereocenters. The summed E-state index contributed by atoms with van der Waals surface area (Å²) in [7, 11) is -2.74. The highest BCUT2D eigenvalue weighted by atomic mass is 28.4. The highest BCUT2D eigenvalue weighted by Gasteiger charge is 2.50. The van der Waals surface area contributed by atoms with Gasteiger partial charge in [0.15, 0.2) is 0 Å². The van der Waals surface area contributed by atoms with Crippen LogP contribution >= 0.6 is 0 Å². The minimum Gasteiger partial charge on any atom is -0.465 e. The Kier molecular flexibility index (Phi) is 6.78. The lowest BCUT2D eigenvalue weighted by Crippen LogP contribution is -2.67. The minimum atomic E-state index is -2.74. The average Bonchev–Trinajstić information content (AvgIpc) is 3.25. The Labute approximate surface area is 203 Å². The van der Waals surface area contributed by atoms with Gasteiger partial charge in [-0.2, -0.15) is 0 Å². The third kappa shape index (κ3) is 4.59. The number of benzene rings is 3. The van der Waals surface area contributed by atoms with Gasteiger partial charge in [-0.3, -0.25) is 4.90 Å². The third-order valence-electron chi connectivity index (χ3n) is 6.66. The van der Waals surface area contributed by atoms with Gasteiger partial charge in [0.2, 0.25) is 0 Å². The molecule has 0 spiro atoms. The Bertz CT molecular complexity index is 1130. The van der Waals surface area contributed by atoms with Gasteiger partial charge < -0.3 is 9.53 Å². The molecule has 5 heteroatoms. The number of carbonyl (C=O) groups is 1. The first-order chi connectivity index (χ1) is 16.2. The molecular weight excluding hydrogens is 438 g/mol. The Morgan fingerprint density at radius 2 is 1.56 bits per heavy atom. The van der Waals surface area contributed by atoms with E-state index in [1.54, 1.807) is 0 Å². The molecule has 0 bridgehead atoms. The van der Waals surface area contributed by atoms with Crippen molar-refractivity contribution in [3.8, 4) is 0 Å². The van der Waals surface area contributed by atoms with E-state index in [1.807, 2.05) is 24.3 Å². The summed E-state index contributed by atoms with van der Waals surface area (Å²) in [5.74, 6) is 0. The fraction of sp³-hybridized carbons (Fsp3) is 0.276. The predicted octanol–water partition coefficient (Wildman–Crippen LogP) is 5.32. The van der Waals surface area contributed by atoms with Gasteiger partial charge in [0.25, 0.3) is 8.32 Å². The van der Waals surface area contributed by atoms with Crippen molar-refractivity contribution in [2.24, 2.45) is 0 Å². The quantitative estimate of drug-likeness (QED) is 0.495. The molecule has 34 heavy (non-hydrogen) atoms. The summed E-state index contributed by atoms with van der Waals surface area (Å²) >= 11 is 0. The monoisotopic (exact) mass is 471 g/mol. The van der Waals surface area contributed by atoms with E-state index in [9.17, 15) is 9.90 Å². The van der Waals surface area contributed by atoms with Gasteiger partial charge in [0, 0.05) is 0 Å². The first-order valence-electron chi connectivity index (χ1n) is 11.7. The van der Waals surface area contributed by atoms with Crippen LogP contribution in [0.25, 0.3) is 5.57 Å². The molecule has 0 radical (unpaired) electrons. The Morgan fingerprint density at radius 1 is 0.971 bits per heavy atom. The van der Waals surface area contributed by atoms with Crippen molar-refractivity contribution in [3.05, 3.63) is 102 Å². The number of amides is 1. The van der Waals surface area contributed by atoms with Crippen molar-refractivity contribution < 1.29 is 14.3 Å². The normalized spacial score (nSPS) is 16.4. The van der Waals surface area contributed by atoms with Crippen molar-refractivity contribution in [2.75, 3.05) is 13.2 Å². The summed E-state index contributed by atoms with van der Waals surface area (Å²) in [6.45, 7) is 9.44. The fourth-order valence-corrected chi connectivity index (χ4v) is 9.60. The van der Waals surface area contributed by atoms with Crippen molar-refractivity contribution in [1.82, 2.24) is 4.90 Å². The van der Waals surface area contributed by atoms with Crippen LogP contribution in [0.3, 0.4) is 0 Å². The second-order valence-electron chi connectivity index (χ2n) is 10.0. The molecule has 3 aromatic carbocycles. The molecule has 176 valence electrons. The molecule has 4 rings (SSSR count). The molecule has 1 amide bonds. The zero-order valence-electron chi connectivity index (χ0n) is 20.4. The van der Waals surface area contributed by atoms with Crippen LogP contribution in [0.5, 0.6) is 0 Å². The second-order valence-corrected chi connectivity index (χ2v) is 14.3. The second kappa shape index (κ2) is 9.61. The van der Waals surface area contributed by atoms with Crippen LogP contribution in [0.4, 0.5) is 4.79 Å². The first-order valence-corrected chi connectivity index (χ1v) is 13.7. The summed E-state index contributed by atoms with van der Waals surface area (Å²) in [5, 5.41) is 12.2. The lowest BCUT2D eigenvalue weighted by Gasteiger charge is -2.43. The number of carboxylic acid groups (broad SMARTS) is 1. The highest BCUT2D eigenvalue weighted by molar-refractivity contribution is 6.99. The largest absolute Gasteiger partial charge is 0.465 e. The van der Waals surface area contributed by atoms with Crippen molar-refractivity contribution in [1.29, 1.82) is 0 Å². The summed E-state index contributed by atoms with van der Waals surface area (Å²) in [6, 6.07) is 28.8. The van der Waals surface area contributed by atoms with E-state index < -0.39 is 14.4 Å². The summed E-state index contributed by atoms with van der Waals surface area (Å²) in [5.41, 5.74) is 3.26. The maximum absolute atomic E-state index is 12.2. The zero-order valence-corrected chi connectivity index (χ0v) is 21.4. The number of hydrogen-bond acceptors (Lipinski definition) is 2. The van der Waals surface area contributed by atoms with Gasteiger partial charge in [-0.15, -0.1) is 0 Å². The van der Waals surface area contributed by atoms with E-state index in [0.29, 0.717) is 13.2 Å². The maximum atomic E-state index is 12.2. The molecule has 1 heterocycles. The molecule has 0 saturated heterocycles. The van der Waals surface area contributed by atoms with Crippen LogP contribution in [-0.4, -0.2) is 43.6 Å². The van der Waals surface area contributed by atoms with E-state index in [0.717, 1.165) is 16.7 Å². The number of rotatable bonds is 6. The Hall–Kier alpha value is -3.15. The van der Waals surface area contributed by atoms with Crippen LogP contribution in [0.2, 0.25) is 5.04 Å². The standard InChI is InChI=1S/C29H33NO3Si/c1-22-12-11-13-23(18-22)24-19-25(30(20-24)28(31)32)21-33-34(29(2,3)4,26-14-7-5-8-15-26)27-16-9-6-10-17-27/h5-19,25H,20-21H2,1-4H3,(H,31,32)/t25-/m0/s1. The Morgan fingerprint density at radius 3 is 2.06 bits per heavy atom. The molecule has 0 saturated carbocycles. The maximum Gasteiger partial charge on any atom is 0.408 e. The van der Waals surface area contributed by atoms with Gasteiger partial charge in [0.1, 0.15) is 0 Å². The number of aryl methyl sites for hydroxylation is 1. The van der Waals surface area contributed by atoms with Gasteiger partial charge in [0.05, 0.1) is 19.2 Å². The van der Waals surface area contributed by atoms with Gasteiger partial charge in [-0.1, -0.05) is 117 Å². The van der Waals surface area contributed by atoms with Gasteiger partial charge in [-0.05, 0) is 33.5 Å². The molecule has 0 unspecified atom stereocenters. The van der Waals surface area contributed by atoms with Crippen LogP contribution in [0.1, 0.15) is 31.9 Å². The van der Waals surface area contributed by atoms with Crippen LogP contribution in [-0.2, 0) is 4.43 Å². The summed E-state index contributed by atoms with van der Waals surface area (Å²) in [4.78, 5) is 13.7. The molecule has 0 fully saturated rings. The summed E-state index contributed by atoms with van der Waals surface area (Å²) < 4.78 is 7.03. The van der Waals surface area contributed by atoms with E-state index in [2.05, 4.69) is 94.4 Å².